The summed E-state index contributed by atoms with van der Waals surface area (Å²) in [5.41, 5.74) is 0. The summed E-state index contributed by atoms with van der Waals surface area (Å²) in [7, 11) is 2.10. The third-order valence-electron chi connectivity index (χ3n) is 5.06. The molecule has 20 heavy (non-hydrogen) atoms. The van der Waals surface area contributed by atoms with Gasteiger partial charge in [-0.2, -0.15) is 4.99 Å². The zero-order valence-corrected chi connectivity index (χ0v) is 13.2. The lowest BCUT2D eigenvalue weighted by Crippen LogP contribution is -2.39. The summed E-state index contributed by atoms with van der Waals surface area (Å²) in [6, 6.07) is 0.560. The zero-order chi connectivity index (χ0) is 14.2. The van der Waals surface area contributed by atoms with Crippen molar-refractivity contribution in [3.05, 3.63) is 0 Å². The standard InChI is InChI=1S/C15H24N2O2S/c1-15(11-8-9-19-10-11)13(18)16-14(20-15)17(2)12-6-4-3-5-7-12/h11-12H,3-10H2,1-2H3/t11-,15?/m1/s1. The lowest BCUT2D eigenvalue weighted by atomic mass is 9.92. The molecular weight excluding hydrogens is 272 g/mol. The number of hydrogen-bond donors (Lipinski definition) is 0. The number of amidine groups is 1. The normalized spacial score (nSPS) is 35.4. The SMILES string of the molecule is CN(C1=NC(=O)C(C)([C@@H]2CCOC2)S1)C1CCCCC1. The molecule has 1 aliphatic carbocycles. The van der Waals surface area contributed by atoms with Crippen LogP contribution in [0.3, 0.4) is 0 Å². The molecule has 112 valence electrons. The van der Waals surface area contributed by atoms with Gasteiger partial charge in [0.15, 0.2) is 5.17 Å². The fraction of sp³-hybridized carbons (Fsp3) is 0.867. The average molecular weight is 296 g/mol. The highest BCUT2D eigenvalue weighted by Crippen LogP contribution is 2.44. The maximum atomic E-state index is 12.4. The van der Waals surface area contributed by atoms with Crippen molar-refractivity contribution in [2.45, 2.75) is 56.2 Å². The number of rotatable bonds is 2. The van der Waals surface area contributed by atoms with E-state index in [9.17, 15) is 4.79 Å². The molecule has 1 saturated carbocycles. The van der Waals surface area contributed by atoms with Crippen molar-refractivity contribution >= 4 is 22.8 Å². The molecule has 2 fully saturated rings. The monoisotopic (exact) mass is 296 g/mol. The molecule has 2 heterocycles. The second kappa shape index (κ2) is 5.68. The van der Waals surface area contributed by atoms with E-state index in [1.807, 2.05) is 6.92 Å². The summed E-state index contributed by atoms with van der Waals surface area (Å²) < 4.78 is 5.06. The number of ether oxygens (including phenoxy) is 1. The number of carbonyl (C=O) groups excluding carboxylic acids is 1. The van der Waals surface area contributed by atoms with Crippen LogP contribution in [0.15, 0.2) is 4.99 Å². The Hall–Kier alpha value is -0.550. The van der Waals surface area contributed by atoms with Gasteiger partial charge in [-0.3, -0.25) is 4.79 Å². The van der Waals surface area contributed by atoms with E-state index < -0.39 is 4.75 Å². The fourth-order valence-electron chi connectivity index (χ4n) is 3.46. The molecule has 2 atom stereocenters. The molecule has 3 rings (SSSR count). The van der Waals surface area contributed by atoms with Crippen LogP contribution in [0, 0.1) is 5.92 Å². The molecule has 3 aliphatic rings. The third kappa shape index (κ3) is 2.50. The third-order valence-corrected chi connectivity index (χ3v) is 6.55. The second-order valence-corrected chi connectivity index (χ2v) is 7.79. The van der Waals surface area contributed by atoms with Gasteiger partial charge in [0.1, 0.15) is 4.75 Å². The van der Waals surface area contributed by atoms with Crippen molar-refractivity contribution in [2.24, 2.45) is 10.9 Å². The fourth-order valence-corrected chi connectivity index (χ4v) is 4.74. The summed E-state index contributed by atoms with van der Waals surface area (Å²) in [4.78, 5) is 19.0. The topological polar surface area (TPSA) is 41.9 Å². The van der Waals surface area contributed by atoms with E-state index in [4.69, 9.17) is 4.74 Å². The van der Waals surface area contributed by atoms with Crippen molar-refractivity contribution in [3.63, 3.8) is 0 Å². The molecule has 1 unspecified atom stereocenters. The van der Waals surface area contributed by atoms with Gasteiger partial charge in [0.25, 0.3) is 5.91 Å². The Morgan fingerprint density at radius 3 is 2.70 bits per heavy atom. The van der Waals surface area contributed by atoms with E-state index in [0.717, 1.165) is 18.2 Å². The van der Waals surface area contributed by atoms with Crippen LogP contribution in [0.5, 0.6) is 0 Å². The number of aliphatic imine (C=N–C) groups is 1. The van der Waals surface area contributed by atoms with Gasteiger partial charge < -0.3 is 9.64 Å². The minimum absolute atomic E-state index is 0.0376. The van der Waals surface area contributed by atoms with Crippen LogP contribution >= 0.6 is 11.8 Å². The van der Waals surface area contributed by atoms with Gasteiger partial charge >= 0.3 is 0 Å². The van der Waals surface area contributed by atoms with Crippen LogP contribution in [-0.4, -0.2) is 47.0 Å². The Bertz CT molecular complexity index is 414. The van der Waals surface area contributed by atoms with E-state index >= 15 is 0 Å². The van der Waals surface area contributed by atoms with E-state index in [1.54, 1.807) is 11.8 Å². The van der Waals surface area contributed by atoms with Crippen LogP contribution in [0.2, 0.25) is 0 Å². The minimum atomic E-state index is -0.408. The predicted octanol–water partition coefficient (Wildman–Crippen LogP) is 2.68. The van der Waals surface area contributed by atoms with Gasteiger partial charge in [0, 0.05) is 25.6 Å². The highest BCUT2D eigenvalue weighted by Gasteiger charge is 2.49. The molecule has 1 amide bonds. The van der Waals surface area contributed by atoms with Crippen molar-refractivity contribution in [2.75, 3.05) is 20.3 Å². The Labute approximate surface area is 125 Å². The van der Waals surface area contributed by atoms with Gasteiger partial charge in [-0.15, -0.1) is 0 Å². The maximum Gasteiger partial charge on any atom is 0.264 e. The number of carbonyl (C=O) groups is 1. The predicted molar refractivity (Wildman–Crippen MR) is 82.0 cm³/mol. The van der Waals surface area contributed by atoms with Crippen molar-refractivity contribution in [1.82, 2.24) is 4.90 Å². The van der Waals surface area contributed by atoms with Crippen molar-refractivity contribution in [3.8, 4) is 0 Å². The van der Waals surface area contributed by atoms with Crippen LogP contribution in [-0.2, 0) is 9.53 Å². The number of nitrogens with zero attached hydrogens (tertiary/aromatic N) is 2. The first-order chi connectivity index (χ1) is 9.61. The van der Waals surface area contributed by atoms with Crippen LogP contribution in [0.25, 0.3) is 0 Å². The first kappa shape index (κ1) is 14.4. The molecule has 0 aromatic rings. The Balaban J connectivity index is 1.69. The molecular formula is C15H24N2O2S. The first-order valence-corrected chi connectivity index (χ1v) is 8.55. The average Bonchev–Trinajstić information content (AvgIpc) is 3.09. The molecule has 0 bridgehead atoms. The number of amides is 1. The summed E-state index contributed by atoms with van der Waals surface area (Å²) in [5.74, 6) is 0.344. The van der Waals surface area contributed by atoms with Gasteiger partial charge in [-0.05, 0) is 26.2 Å². The molecule has 1 saturated heterocycles. The second-order valence-electron chi connectivity index (χ2n) is 6.37. The maximum absolute atomic E-state index is 12.4. The quantitative estimate of drug-likeness (QED) is 0.785. The molecule has 4 nitrogen and oxygen atoms in total. The smallest absolute Gasteiger partial charge is 0.264 e. The van der Waals surface area contributed by atoms with Gasteiger partial charge in [-0.1, -0.05) is 31.0 Å². The Kier molecular flexibility index (Phi) is 4.09. The van der Waals surface area contributed by atoms with Crippen LogP contribution in [0.4, 0.5) is 0 Å². The molecule has 0 aromatic heterocycles. The summed E-state index contributed by atoms with van der Waals surface area (Å²) in [6.07, 6.45) is 7.38. The van der Waals surface area contributed by atoms with Gasteiger partial charge in [0.2, 0.25) is 0 Å². The minimum Gasteiger partial charge on any atom is -0.381 e. The molecule has 0 aromatic carbocycles. The molecule has 0 radical (unpaired) electrons. The Morgan fingerprint density at radius 1 is 1.30 bits per heavy atom. The summed E-state index contributed by atoms with van der Waals surface area (Å²) >= 11 is 1.67. The summed E-state index contributed by atoms with van der Waals surface area (Å²) in [6.45, 7) is 3.53. The van der Waals surface area contributed by atoms with E-state index in [-0.39, 0.29) is 5.91 Å². The number of thioether (sulfide) groups is 1. The molecule has 2 aliphatic heterocycles. The number of hydrogen-bond acceptors (Lipinski definition) is 4. The Morgan fingerprint density at radius 2 is 2.05 bits per heavy atom. The lowest BCUT2D eigenvalue weighted by Gasteiger charge is -2.33. The van der Waals surface area contributed by atoms with Crippen molar-refractivity contribution < 1.29 is 9.53 Å². The zero-order valence-electron chi connectivity index (χ0n) is 12.4. The highest BCUT2D eigenvalue weighted by atomic mass is 32.2. The van der Waals surface area contributed by atoms with Gasteiger partial charge in [-0.25, -0.2) is 0 Å². The highest BCUT2D eigenvalue weighted by molar-refractivity contribution is 8.16. The van der Waals surface area contributed by atoms with Gasteiger partial charge in [0.05, 0.1) is 6.61 Å². The molecule has 0 N–H and O–H groups in total. The van der Waals surface area contributed by atoms with Crippen LogP contribution in [0.1, 0.15) is 45.4 Å². The van der Waals surface area contributed by atoms with E-state index in [0.29, 0.717) is 18.6 Å². The molecule has 0 spiro atoms. The van der Waals surface area contributed by atoms with E-state index in [1.165, 1.54) is 32.1 Å². The first-order valence-electron chi connectivity index (χ1n) is 7.74. The van der Waals surface area contributed by atoms with E-state index in [2.05, 4.69) is 16.9 Å². The lowest BCUT2D eigenvalue weighted by molar-refractivity contribution is -0.120. The summed E-state index contributed by atoms with van der Waals surface area (Å²) in [5, 5.41) is 0.927. The van der Waals surface area contributed by atoms with Crippen molar-refractivity contribution in [1.29, 1.82) is 0 Å². The molecule has 5 heteroatoms. The largest absolute Gasteiger partial charge is 0.381 e. The van der Waals surface area contributed by atoms with Crippen LogP contribution < -0.4 is 0 Å².